The van der Waals surface area contributed by atoms with Gasteiger partial charge in [0.2, 0.25) is 0 Å². The molecule has 0 bridgehead atoms. The average Bonchev–Trinajstić information content (AvgIpc) is 1.97. The first-order chi connectivity index (χ1) is 4.91. The van der Waals surface area contributed by atoms with Crippen molar-refractivity contribution < 1.29 is 0 Å². The van der Waals surface area contributed by atoms with Gasteiger partial charge in [-0.3, -0.25) is 0 Å². The second-order valence-corrected chi connectivity index (χ2v) is 2.39. The molecule has 5 N–H and O–H groups in total. The molecule has 3 nitrogen and oxygen atoms in total. The highest BCUT2D eigenvalue weighted by Crippen LogP contribution is 1.81. The Bertz CT molecular complexity index is 48.8. The molecule has 0 aromatic heterocycles. The SMILES string of the molecule is NCCCC[15NH]CC[13CH2]N. The summed E-state index contributed by atoms with van der Waals surface area (Å²) in [6.07, 6.45) is 3.37. The van der Waals surface area contributed by atoms with Crippen LogP contribution in [0.3, 0.4) is 0 Å². The van der Waals surface area contributed by atoms with Crippen molar-refractivity contribution in [3.8, 4) is 0 Å². The van der Waals surface area contributed by atoms with Gasteiger partial charge in [0.25, 0.3) is 0 Å². The number of hydrogen-bond acceptors (Lipinski definition) is 3. The van der Waals surface area contributed by atoms with Gasteiger partial charge in [-0.1, -0.05) is 0 Å². The van der Waals surface area contributed by atoms with Gasteiger partial charge in [-0.25, -0.2) is 0 Å². The summed E-state index contributed by atoms with van der Waals surface area (Å²) in [5.74, 6) is 0. The standard InChI is InChI=1S/C7H19N3/c8-4-1-2-6-10-7-3-5-9/h10H,1-9H2/i5+1,10+1. The largest absolute Gasteiger partial charge is 0.330 e. The molecule has 0 aliphatic heterocycles. The fourth-order valence-electron chi connectivity index (χ4n) is 0.746. The third-order valence-corrected chi connectivity index (χ3v) is 1.37. The average molecular weight is 147 g/mol. The fraction of sp³-hybridized carbons (Fsp3) is 1.00. The quantitative estimate of drug-likeness (QED) is 0.262. The zero-order valence-corrected chi connectivity index (χ0v) is 6.60. The molecule has 62 valence electrons. The van der Waals surface area contributed by atoms with Crippen LogP contribution in [0.25, 0.3) is 0 Å². The van der Waals surface area contributed by atoms with Crippen LogP contribution in [0.15, 0.2) is 0 Å². The van der Waals surface area contributed by atoms with E-state index >= 15 is 0 Å². The first-order valence-corrected chi connectivity index (χ1v) is 4.02. The number of nitrogens with two attached hydrogens (primary N) is 2. The number of nitrogens with one attached hydrogen (secondary N) is 1. The van der Waals surface area contributed by atoms with Gasteiger partial charge < -0.3 is 16.8 Å². The van der Waals surface area contributed by atoms with E-state index in [0.29, 0.717) is 0 Å². The van der Waals surface area contributed by atoms with E-state index in [1.54, 1.807) is 0 Å². The van der Waals surface area contributed by atoms with E-state index in [1.807, 2.05) is 0 Å². The van der Waals surface area contributed by atoms with Gasteiger partial charge >= 0.3 is 0 Å². The smallest absolute Gasteiger partial charge is 0.00369 e. The molecule has 10 heavy (non-hydrogen) atoms. The molecule has 0 spiro atoms. The van der Waals surface area contributed by atoms with Gasteiger partial charge in [-0.05, 0) is 45.4 Å². The van der Waals surface area contributed by atoms with Gasteiger partial charge in [0, 0.05) is 0 Å². The Balaban J connectivity index is 2.65. The molecule has 0 aliphatic carbocycles. The second kappa shape index (κ2) is 8.88. The van der Waals surface area contributed by atoms with Gasteiger partial charge in [-0.15, -0.1) is 0 Å². The van der Waals surface area contributed by atoms with E-state index in [1.165, 1.54) is 6.42 Å². The van der Waals surface area contributed by atoms with Gasteiger partial charge in [0.05, 0.1) is 0 Å². The topological polar surface area (TPSA) is 64.1 Å². The van der Waals surface area contributed by atoms with Crippen LogP contribution < -0.4 is 16.8 Å². The summed E-state index contributed by atoms with van der Waals surface area (Å²) in [6, 6.07) is 0. The molecule has 0 heterocycles. The van der Waals surface area contributed by atoms with Crippen molar-refractivity contribution in [2.24, 2.45) is 11.5 Å². The Labute approximate surface area is 63.2 Å². The zero-order chi connectivity index (χ0) is 7.66. The summed E-state index contributed by atoms with van der Waals surface area (Å²) in [5, 5.41) is 3.29. The molecule has 3 heteroatoms. The van der Waals surface area contributed by atoms with E-state index < -0.39 is 0 Å². The first kappa shape index (κ1) is 9.88. The normalized spacial score (nSPS) is 10.2. The molecular formula is C7H19N3. The van der Waals surface area contributed by atoms with Crippen LogP contribution in [0.5, 0.6) is 0 Å². The second-order valence-electron chi connectivity index (χ2n) is 2.39. The molecule has 0 rings (SSSR count). The molecule has 0 saturated heterocycles. The molecule has 0 fully saturated rings. The van der Waals surface area contributed by atoms with Crippen LogP contribution in [0.2, 0.25) is 0 Å². The van der Waals surface area contributed by atoms with Gasteiger partial charge in [0.15, 0.2) is 0 Å². The maximum absolute atomic E-state index is 5.32. The summed E-state index contributed by atoms with van der Waals surface area (Å²) >= 11 is 0. The molecule has 0 aliphatic rings. The van der Waals surface area contributed by atoms with Gasteiger partial charge in [-0.2, -0.15) is 0 Å². The van der Waals surface area contributed by atoms with Crippen molar-refractivity contribution in [3.63, 3.8) is 0 Å². The Hall–Kier alpha value is -0.120. The Morgan fingerprint density at radius 2 is 1.40 bits per heavy atom. The number of hydrogen-bond donors (Lipinski definition) is 3. The molecule has 0 radical (unpaired) electrons. The highest BCUT2D eigenvalue weighted by atomic mass is 15.6. The molecular weight excluding hydrogens is 128 g/mol. The lowest BCUT2D eigenvalue weighted by atomic mass is 10.3. The maximum atomic E-state index is 5.32. The van der Waals surface area contributed by atoms with Crippen LogP contribution in [-0.4, -0.2) is 26.2 Å². The Morgan fingerprint density at radius 3 is 2.00 bits per heavy atom. The lowest BCUT2D eigenvalue weighted by molar-refractivity contribution is 0.611. The van der Waals surface area contributed by atoms with Crippen molar-refractivity contribution in [2.45, 2.75) is 19.3 Å². The summed E-state index contributed by atoms with van der Waals surface area (Å²) < 4.78 is 0. The minimum absolute atomic E-state index is 0.782. The molecule has 0 saturated carbocycles. The van der Waals surface area contributed by atoms with Crippen molar-refractivity contribution in [2.75, 3.05) is 26.2 Å². The zero-order valence-electron chi connectivity index (χ0n) is 6.60. The highest BCUT2D eigenvalue weighted by molar-refractivity contribution is 4.49. The van der Waals surface area contributed by atoms with Crippen LogP contribution in [0.4, 0.5) is 0 Å². The first-order valence-electron chi connectivity index (χ1n) is 4.02. The lowest BCUT2D eigenvalue weighted by Gasteiger charge is -2.01. The fourth-order valence-corrected chi connectivity index (χ4v) is 0.746. The molecule has 0 unspecified atom stereocenters. The third-order valence-electron chi connectivity index (χ3n) is 1.37. The Morgan fingerprint density at radius 1 is 0.800 bits per heavy atom. The molecule has 0 atom stereocenters. The minimum atomic E-state index is 0.782. The van der Waals surface area contributed by atoms with Crippen molar-refractivity contribution in [3.05, 3.63) is 0 Å². The monoisotopic (exact) mass is 147 g/mol. The minimum Gasteiger partial charge on any atom is -0.330 e. The van der Waals surface area contributed by atoms with Gasteiger partial charge in [0.1, 0.15) is 0 Å². The maximum Gasteiger partial charge on any atom is -0.00369 e. The van der Waals surface area contributed by atoms with Crippen molar-refractivity contribution in [1.29, 1.82) is 0 Å². The predicted molar refractivity (Wildman–Crippen MR) is 44.8 cm³/mol. The summed E-state index contributed by atoms with van der Waals surface area (Å²) in [6.45, 7) is 3.71. The van der Waals surface area contributed by atoms with Crippen LogP contribution in [-0.2, 0) is 0 Å². The predicted octanol–water partition coefficient (Wildman–Crippen LogP) is -0.336. The summed E-state index contributed by atoms with van der Waals surface area (Å²) in [7, 11) is 0. The lowest BCUT2D eigenvalue weighted by Crippen LogP contribution is -2.19. The number of rotatable bonds is 7. The summed E-state index contributed by atoms with van der Waals surface area (Å²) in [5.41, 5.74) is 10.6. The third kappa shape index (κ3) is 7.88. The van der Waals surface area contributed by atoms with E-state index in [9.17, 15) is 0 Å². The Kier molecular flexibility index (Phi) is 8.77. The van der Waals surface area contributed by atoms with E-state index in [2.05, 4.69) is 5.32 Å². The van der Waals surface area contributed by atoms with Crippen molar-refractivity contribution in [1.82, 2.24) is 5.32 Å². The van der Waals surface area contributed by atoms with E-state index in [4.69, 9.17) is 11.5 Å². The molecule has 0 aromatic rings. The summed E-state index contributed by atoms with van der Waals surface area (Å²) in [4.78, 5) is 0. The van der Waals surface area contributed by atoms with Crippen LogP contribution in [0.1, 0.15) is 19.3 Å². The van der Waals surface area contributed by atoms with Crippen LogP contribution in [0, 0.1) is 0 Å². The van der Waals surface area contributed by atoms with Crippen molar-refractivity contribution >= 4 is 0 Å². The molecule has 0 aromatic carbocycles. The van der Waals surface area contributed by atoms with Crippen LogP contribution >= 0.6 is 0 Å². The van der Waals surface area contributed by atoms with E-state index in [-0.39, 0.29) is 0 Å². The highest BCUT2D eigenvalue weighted by Gasteiger charge is 1.85. The molecule has 0 amide bonds. The number of unbranched alkanes of at least 4 members (excludes halogenated alkanes) is 1. The van der Waals surface area contributed by atoms with E-state index in [0.717, 1.165) is 39.0 Å².